The third kappa shape index (κ3) is 3.71. The maximum absolute atomic E-state index is 11.9. The molecule has 1 atom stereocenters. The third-order valence-corrected chi connectivity index (χ3v) is 5.08. The van der Waals surface area contributed by atoms with Crippen molar-refractivity contribution in [1.82, 2.24) is 5.32 Å². The molecule has 0 radical (unpaired) electrons. The van der Waals surface area contributed by atoms with Crippen molar-refractivity contribution in [3.8, 4) is 0 Å². The Hall–Kier alpha value is -1.05. The van der Waals surface area contributed by atoms with Gasteiger partial charge in [-0.05, 0) is 23.8 Å². The van der Waals surface area contributed by atoms with Crippen LogP contribution in [0.15, 0.2) is 6.07 Å². The summed E-state index contributed by atoms with van der Waals surface area (Å²) >= 11 is 3.37. The number of rotatable bonds is 5. The Morgan fingerprint density at radius 2 is 2.26 bits per heavy atom. The predicted octanol–water partition coefficient (Wildman–Crippen LogP) is 1.10. The maximum atomic E-state index is 11.9. The minimum absolute atomic E-state index is 0.0159. The summed E-state index contributed by atoms with van der Waals surface area (Å²) in [6.07, 6.45) is -0.397. The summed E-state index contributed by atoms with van der Waals surface area (Å²) in [5, 5.41) is 20.2. The number of aliphatic hydroxyl groups excluding tert-OH is 1. The summed E-state index contributed by atoms with van der Waals surface area (Å²) in [6.45, 7) is 0.156. The fourth-order valence-corrected chi connectivity index (χ4v) is 4.08. The topological polar surface area (TPSA) is 86.6 Å². The quantitative estimate of drug-likeness (QED) is 0.758. The number of carbonyl (C=O) groups is 2. The molecule has 1 aliphatic rings. The molecule has 0 saturated heterocycles. The number of carbonyl (C=O) groups excluding carboxylic acids is 1. The van der Waals surface area contributed by atoms with E-state index in [9.17, 15) is 9.59 Å². The van der Waals surface area contributed by atoms with Gasteiger partial charge in [0.2, 0.25) is 0 Å². The summed E-state index contributed by atoms with van der Waals surface area (Å²) in [7, 11) is 0. The van der Waals surface area contributed by atoms with Gasteiger partial charge in [0.25, 0.3) is 5.91 Å². The van der Waals surface area contributed by atoms with Crippen LogP contribution in [0.1, 0.15) is 26.5 Å². The van der Waals surface area contributed by atoms with Crippen molar-refractivity contribution in [2.75, 3.05) is 12.3 Å². The number of thiophene rings is 1. The number of thioether (sulfide) groups is 1. The third-order valence-electron chi connectivity index (χ3n) is 2.84. The van der Waals surface area contributed by atoms with E-state index < -0.39 is 12.1 Å². The van der Waals surface area contributed by atoms with Crippen LogP contribution in [0.2, 0.25) is 0 Å². The van der Waals surface area contributed by atoms with Crippen molar-refractivity contribution < 1.29 is 19.8 Å². The van der Waals surface area contributed by atoms with Gasteiger partial charge in [-0.2, -0.15) is 11.8 Å². The molecule has 2 rings (SSSR count). The number of carboxylic acid groups (broad SMARTS) is 1. The van der Waals surface area contributed by atoms with Crippen molar-refractivity contribution in [3.05, 3.63) is 21.4 Å². The van der Waals surface area contributed by atoms with Gasteiger partial charge in [0.1, 0.15) is 0 Å². The van der Waals surface area contributed by atoms with Crippen LogP contribution in [0, 0.1) is 0 Å². The molecule has 1 unspecified atom stereocenters. The van der Waals surface area contributed by atoms with Crippen molar-refractivity contribution in [1.29, 1.82) is 0 Å². The minimum atomic E-state index is -1.42. The second-order valence-electron chi connectivity index (χ2n) is 4.26. The molecule has 3 N–H and O–H groups in total. The largest absolute Gasteiger partial charge is 0.479 e. The fourth-order valence-electron chi connectivity index (χ4n) is 1.79. The molecule has 104 valence electrons. The number of carboxylic acids is 1. The zero-order valence-electron chi connectivity index (χ0n) is 10.2. The fraction of sp³-hybridized carbons (Fsp3) is 0.500. The number of hydrogen-bond donors (Lipinski definition) is 3. The summed E-state index contributed by atoms with van der Waals surface area (Å²) in [4.78, 5) is 24.2. The molecule has 0 spiro atoms. The second kappa shape index (κ2) is 6.40. The first-order valence-electron chi connectivity index (χ1n) is 5.96. The molecule has 1 amide bonds. The smallest absolute Gasteiger partial charge is 0.332 e. The molecule has 1 aliphatic heterocycles. The monoisotopic (exact) mass is 301 g/mol. The zero-order valence-corrected chi connectivity index (χ0v) is 11.9. The van der Waals surface area contributed by atoms with Gasteiger partial charge in [-0.15, -0.1) is 11.3 Å². The van der Waals surface area contributed by atoms with Gasteiger partial charge in [0.05, 0.1) is 4.88 Å². The molecule has 0 aliphatic carbocycles. The van der Waals surface area contributed by atoms with Gasteiger partial charge in [0.15, 0.2) is 6.10 Å². The van der Waals surface area contributed by atoms with E-state index in [4.69, 9.17) is 10.2 Å². The first-order valence-corrected chi connectivity index (χ1v) is 7.93. The molecule has 1 aromatic rings. The molecule has 2 heterocycles. The van der Waals surface area contributed by atoms with E-state index in [1.165, 1.54) is 21.8 Å². The van der Waals surface area contributed by atoms with E-state index in [0.717, 1.165) is 17.9 Å². The Morgan fingerprint density at radius 3 is 2.95 bits per heavy atom. The van der Waals surface area contributed by atoms with E-state index >= 15 is 0 Å². The first kappa shape index (κ1) is 14.4. The van der Waals surface area contributed by atoms with Crippen LogP contribution in [0.25, 0.3) is 0 Å². The van der Waals surface area contributed by atoms with Crippen LogP contribution in [-0.2, 0) is 17.0 Å². The number of aryl methyl sites for hydroxylation is 1. The lowest BCUT2D eigenvalue weighted by Gasteiger charge is -2.08. The Labute approximate surface area is 119 Å². The Bertz CT molecular complexity index is 463. The zero-order chi connectivity index (χ0) is 13.8. The standard InChI is InChI=1S/C12H15NO4S2/c14-8(12(16)17)1-3-13-11(15)10-5-7-6-18-4-2-9(7)19-10/h5,8,14H,1-4,6H2,(H,13,15)(H,16,17). The van der Waals surface area contributed by atoms with Gasteiger partial charge in [0, 0.05) is 23.6 Å². The lowest BCUT2D eigenvalue weighted by Crippen LogP contribution is -2.29. The first-order chi connectivity index (χ1) is 9.08. The van der Waals surface area contributed by atoms with Crippen LogP contribution in [0.4, 0.5) is 0 Å². The number of fused-ring (bicyclic) bond motifs is 1. The van der Waals surface area contributed by atoms with Crippen molar-refractivity contribution in [3.63, 3.8) is 0 Å². The highest BCUT2D eigenvalue weighted by Gasteiger charge is 2.18. The normalized spacial score (nSPS) is 15.6. The van der Waals surface area contributed by atoms with Crippen molar-refractivity contribution in [2.45, 2.75) is 24.7 Å². The molecule has 19 heavy (non-hydrogen) atoms. The van der Waals surface area contributed by atoms with Gasteiger partial charge >= 0.3 is 5.97 Å². The average Bonchev–Trinajstić information content (AvgIpc) is 2.82. The van der Waals surface area contributed by atoms with Crippen LogP contribution in [0.3, 0.4) is 0 Å². The lowest BCUT2D eigenvalue weighted by atomic mass is 10.2. The molecule has 0 bridgehead atoms. The van der Waals surface area contributed by atoms with E-state index in [2.05, 4.69) is 5.32 Å². The molecule has 0 saturated carbocycles. The number of aliphatic carboxylic acids is 1. The molecular formula is C12H15NO4S2. The van der Waals surface area contributed by atoms with Gasteiger partial charge in [-0.1, -0.05) is 0 Å². The van der Waals surface area contributed by atoms with Gasteiger partial charge < -0.3 is 15.5 Å². The van der Waals surface area contributed by atoms with Crippen LogP contribution >= 0.6 is 23.1 Å². The van der Waals surface area contributed by atoms with Crippen LogP contribution in [0.5, 0.6) is 0 Å². The van der Waals surface area contributed by atoms with E-state index in [1.807, 2.05) is 17.8 Å². The molecule has 5 nitrogen and oxygen atoms in total. The Kier molecular flexibility index (Phi) is 4.84. The Morgan fingerprint density at radius 1 is 1.47 bits per heavy atom. The average molecular weight is 301 g/mol. The summed E-state index contributed by atoms with van der Waals surface area (Å²) < 4.78 is 0. The molecule has 1 aromatic heterocycles. The summed E-state index contributed by atoms with van der Waals surface area (Å²) in [5.74, 6) is 0.593. The number of aliphatic hydroxyl groups is 1. The van der Waals surface area contributed by atoms with Gasteiger partial charge in [-0.3, -0.25) is 4.79 Å². The highest BCUT2D eigenvalue weighted by Crippen LogP contribution is 2.31. The lowest BCUT2D eigenvalue weighted by molar-refractivity contribution is -0.146. The maximum Gasteiger partial charge on any atom is 0.332 e. The van der Waals surface area contributed by atoms with Crippen LogP contribution in [-0.4, -0.2) is 40.5 Å². The van der Waals surface area contributed by atoms with E-state index in [0.29, 0.717) is 4.88 Å². The predicted molar refractivity (Wildman–Crippen MR) is 74.8 cm³/mol. The number of hydrogen-bond acceptors (Lipinski definition) is 5. The highest BCUT2D eigenvalue weighted by molar-refractivity contribution is 7.98. The summed E-state index contributed by atoms with van der Waals surface area (Å²) in [5.41, 5.74) is 1.23. The number of amides is 1. The van der Waals surface area contributed by atoms with Crippen molar-refractivity contribution in [2.24, 2.45) is 0 Å². The van der Waals surface area contributed by atoms with E-state index in [1.54, 1.807) is 0 Å². The van der Waals surface area contributed by atoms with E-state index in [-0.39, 0.29) is 18.9 Å². The summed E-state index contributed by atoms with van der Waals surface area (Å²) in [6, 6.07) is 1.91. The van der Waals surface area contributed by atoms with Gasteiger partial charge in [-0.25, -0.2) is 4.79 Å². The number of nitrogens with one attached hydrogen (secondary N) is 1. The SMILES string of the molecule is O=C(NCCC(O)C(=O)O)c1cc2c(s1)CCSC2. The minimum Gasteiger partial charge on any atom is -0.479 e. The van der Waals surface area contributed by atoms with Crippen molar-refractivity contribution >= 4 is 35.0 Å². The molecule has 7 heteroatoms. The van der Waals surface area contributed by atoms with Crippen LogP contribution < -0.4 is 5.32 Å². The second-order valence-corrected chi connectivity index (χ2v) is 6.50. The highest BCUT2D eigenvalue weighted by atomic mass is 32.2. The Balaban J connectivity index is 1.86. The molecule has 0 fully saturated rings. The molecular weight excluding hydrogens is 286 g/mol. The molecule has 0 aromatic carbocycles.